The van der Waals surface area contributed by atoms with Crippen LogP contribution in [0.4, 0.5) is 5.69 Å². The number of ether oxygens (including phenoxy) is 3. The number of nitrogens with one attached hydrogen (secondary N) is 1. The maximum atomic E-state index is 11.7. The summed E-state index contributed by atoms with van der Waals surface area (Å²) in [6, 6.07) is 9.62. The van der Waals surface area contributed by atoms with Crippen molar-refractivity contribution in [3.05, 3.63) is 58.0 Å². The largest absolute Gasteiger partial charge is 0.479 e. The lowest BCUT2D eigenvalue weighted by Gasteiger charge is -2.45. The molecular formula is C20H23N3O5. The molecule has 2 heterocycles. The van der Waals surface area contributed by atoms with E-state index in [1.54, 1.807) is 37.5 Å². The van der Waals surface area contributed by atoms with Crippen molar-refractivity contribution in [3.8, 4) is 11.8 Å². The Morgan fingerprint density at radius 1 is 1.29 bits per heavy atom. The fourth-order valence-electron chi connectivity index (χ4n) is 3.48. The minimum absolute atomic E-state index is 0.104. The first kappa shape index (κ1) is 19.9. The monoisotopic (exact) mass is 385 g/mol. The normalized spacial score (nSPS) is 20.0. The van der Waals surface area contributed by atoms with Gasteiger partial charge >= 0.3 is 0 Å². The maximum Gasteiger partial charge on any atom is 0.250 e. The van der Waals surface area contributed by atoms with Crippen LogP contribution in [0.1, 0.15) is 17.2 Å². The highest BCUT2D eigenvalue weighted by Crippen LogP contribution is 2.42. The van der Waals surface area contributed by atoms with Crippen LogP contribution >= 0.6 is 0 Å². The lowest BCUT2D eigenvalue weighted by atomic mass is 9.84. The number of aryl methyl sites for hydroxylation is 1. The first-order valence-electron chi connectivity index (χ1n) is 8.76. The SMILES string of the molecule is COCC1(COC)Oc2ccc(C#N)cc2[C@@H](Nc2ccc(=O)n(C)c2)[C@@H]1O. The van der Waals surface area contributed by atoms with Crippen molar-refractivity contribution < 1.29 is 19.3 Å². The third kappa shape index (κ3) is 3.60. The second-order valence-corrected chi connectivity index (χ2v) is 6.83. The number of aromatic nitrogens is 1. The molecule has 1 aromatic carbocycles. The zero-order valence-corrected chi connectivity index (χ0v) is 16.0. The predicted octanol–water partition coefficient (Wildman–Crippen LogP) is 1.20. The van der Waals surface area contributed by atoms with Gasteiger partial charge in [-0.25, -0.2) is 0 Å². The van der Waals surface area contributed by atoms with E-state index in [0.717, 1.165) is 0 Å². The number of hydrogen-bond acceptors (Lipinski definition) is 7. The number of nitrogens with zero attached hydrogens (tertiary/aromatic N) is 2. The molecule has 8 heteroatoms. The number of aliphatic hydroxyl groups excluding tert-OH is 1. The topological polar surface area (TPSA) is 106 Å². The number of fused-ring (bicyclic) bond motifs is 1. The van der Waals surface area contributed by atoms with Gasteiger partial charge in [0, 0.05) is 39.1 Å². The molecule has 3 rings (SSSR count). The molecule has 0 radical (unpaired) electrons. The zero-order valence-electron chi connectivity index (χ0n) is 16.0. The van der Waals surface area contributed by atoms with Crippen LogP contribution in [0.5, 0.6) is 5.75 Å². The molecule has 0 bridgehead atoms. The van der Waals surface area contributed by atoms with E-state index in [9.17, 15) is 15.2 Å². The standard InChI is InChI=1S/C20H23N3O5/c1-23-10-14(5-7-17(23)24)22-18-15-8-13(9-21)4-6-16(15)28-20(11-26-2,12-27-3)19(18)25/h4-8,10,18-19,22,25H,11-12H2,1-3H3/t18-,19+/m1/s1. The molecule has 28 heavy (non-hydrogen) atoms. The molecule has 2 N–H and O–H groups in total. The maximum absolute atomic E-state index is 11.7. The van der Waals surface area contributed by atoms with Crippen LogP contribution in [-0.2, 0) is 16.5 Å². The number of anilines is 1. The Balaban J connectivity index is 2.09. The summed E-state index contributed by atoms with van der Waals surface area (Å²) in [4.78, 5) is 11.7. The Labute approximate surface area is 162 Å². The number of nitriles is 1. The average molecular weight is 385 g/mol. The summed E-state index contributed by atoms with van der Waals surface area (Å²) in [5.41, 5.74) is 0.461. The van der Waals surface area contributed by atoms with Gasteiger partial charge < -0.3 is 29.2 Å². The van der Waals surface area contributed by atoms with Gasteiger partial charge in [-0.05, 0) is 24.3 Å². The van der Waals surface area contributed by atoms with Crippen LogP contribution in [-0.4, -0.2) is 48.8 Å². The highest BCUT2D eigenvalue weighted by atomic mass is 16.6. The molecule has 1 aromatic heterocycles. The summed E-state index contributed by atoms with van der Waals surface area (Å²) >= 11 is 0. The van der Waals surface area contributed by atoms with Gasteiger partial charge in [-0.3, -0.25) is 4.79 Å². The van der Waals surface area contributed by atoms with Gasteiger partial charge in [0.1, 0.15) is 11.9 Å². The lowest BCUT2D eigenvalue weighted by molar-refractivity contribution is -0.142. The van der Waals surface area contributed by atoms with Gasteiger partial charge in [-0.1, -0.05) is 0 Å². The van der Waals surface area contributed by atoms with Crippen LogP contribution in [0.15, 0.2) is 41.3 Å². The van der Waals surface area contributed by atoms with Crippen LogP contribution in [0, 0.1) is 11.3 Å². The van der Waals surface area contributed by atoms with E-state index in [1.807, 2.05) is 0 Å². The second-order valence-electron chi connectivity index (χ2n) is 6.83. The van der Waals surface area contributed by atoms with Crippen LogP contribution in [0.2, 0.25) is 0 Å². The lowest BCUT2D eigenvalue weighted by Crippen LogP contribution is -2.60. The van der Waals surface area contributed by atoms with E-state index in [-0.39, 0.29) is 18.8 Å². The molecule has 148 valence electrons. The Morgan fingerprint density at radius 2 is 2.00 bits per heavy atom. The van der Waals surface area contributed by atoms with E-state index in [2.05, 4.69) is 11.4 Å². The molecule has 1 aliphatic rings. The van der Waals surface area contributed by atoms with E-state index < -0.39 is 17.7 Å². The van der Waals surface area contributed by atoms with E-state index >= 15 is 0 Å². The quantitative estimate of drug-likeness (QED) is 0.769. The van der Waals surface area contributed by atoms with Gasteiger partial charge in [0.2, 0.25) is 5.56 Å². The Kier molecular flexibility index (Phi) is 5.70. The smallest absolute Gasteiger partial charge is 0.250 e. The van der Waals surface area contributed by atoms with Crippen molar-refractivity contribution in [2.45, 2.75) is 17.7 Å². The van der Waals surface area contributed by atoms with Crippen LogP contribution < -0.4 is 15.6 Å². The molecule has 0 fully saturated rings. The van der Waals surface area contributed by atoms with Crippen molar-refractivity contribution in [2.75, 3.05) is 32.8 Å². The molecule has 0 unspecified atom stereocenters. The summed E-state index contributed by atoms with van der Waals surface area (Å²) in [5.74, 6) is 0.528. The molecule has 1 aliphatic heterocycles. The van der Waals surface area contributed by atoms with Gasteiger partial charge in [0.05, 0.1) is 36.6 Å². The Hall–Kier alpha value is -2.86. The van der Waals surface area contributed by atoms with E-state index in [0.29, 0.717) is 22.6 Å². The minimum Gasteiger partial charge on any atom is -0.479 e. The van der Waals surface area contributed by atoms with Gasteiger partial charge in [0.15, 0.2) is 5.60 Å². The number of methoxy groups -OCH3 is 2. The summed E-state index contributed by atoms with van der Waals surface area (Å²) in [6.07, 6.45) is 0.596. The van der Waals surface area contributed by atoms with Gasteiger partial charge in [-0.15, -0.1) is 0 Å². The van der Waals surface area contributed by atoms with Crippen molar-refractivity contribution in [2.24, 2.45) is 7.05 Å². The highest BCUT2D eigenvalue weighted by molar-refractivity contribution is 5.52. The first-order chi connectivity index (χ1) is 13.4. The fraction of sp³-hybridized carbons (Fsp3) is 0.400. The number of aliphatic hydroxyl groups is 1. The molecule has 2 aromatic rings. The first-order valence-corrected chi connectivity index (χ1v) is 8.76. The zero-order chi connectivity index (χ0) is 20.3. The summed E-state index contributed by atoms with van der Waals surface area (Å²) < 4.78 is 18.2. The van der Waals surface area contributed by atoms with Crippen LogP contribution in [0.25, 0.3) is 0 Å². The fourth-order valence-corrected chi connectivity index (χ4v) is 3.48. The highest BCUT2D eigenvalue weighted by Gasteiger charge is 2.50. The van der Waals surface area contributed by atoms with Crippen molar-refractivity contribution >= 4 is 5.69 Å². The minimum atomic E-state index is -1.14. The summed E-state index contributed by atoms with van der Waals surface area (Å²) in [6.45, 7) is 0.208. The molecule has 2 atom stereocenters. The second kappa shape index (κ2) is 8.02. The van der Waals surface area contributed by atoms with Crippen LogP contribution in [0.3, 0.4) is 0 Å². The number of pyridine rings is 1. The molecule has 0 saturated heterocycles. The molecule has 0 saturated carbocycles. The number of hydrogen-bond donors (Lipinski definition) is 2. The van der Waals surface area contributed by atoms with Crippen molar-refractivity contribution in [3.63, 3.8) is 0 Å². The third-order valence-corrected chi connectivity index (χ3v) is 4.83. The third-order valence-electron chi connectivity index (χ3n) is 4.83. The molecule has 0 aliphatic carbocycles. The molecular weight excluding hydrogens is 362 g/mol. The van der Waals surface area contributed by atoms with Gasteiger partial charge in [0.25, 0.3) is 0 Å². The number of rotatable bonds is 6. The Bertz CT molecular complexity index is 944. The Morgan fingerprint density at radius 3 is 2.61 bits per heavy atom. The predicted molar refractivity (Wildman–Crippen MR) is 102 cm³/mol. The molecule has 0 spiro atoms. The van der Waals surface area contributed by atoms with Crippen molar-refractivity contribution in [1.29, 1.82) is 5.26 Å². The van der Waals surface area contributed by atoms with E-state index in [4.69, 9.17) is 14.2 Å². The van der Waals surface area contributed by atoms with Gasteiger partial charge in [-0.2, -0.15) is 5.26 Å². The average Bonchev–Trinajstić information content (AvgIpc) is 2.68. The summed E-state index contributed by atoms with van der Waals surface area (Å²) in [7, 11) is 4.70. The van der Waals surface area contributed by atoms with E-state index in [1.165, 1.54) is 24.9 Å². The molecule has 0 amide bonds. The number of benzene rings is 1. The summed E-state index contributed by atoms with van der Waals surface area (Å²) in [5, 5.41) is 23.8. The molecule has 8 nitrogen and oxygen atoms in total. The van der Waals surface area contributed by atoms with Crippen molar-refractivity contribution in [1.82, 2.24) is 4.57 Å².